The Morgan fingerprint density at radius 1 is 1.05 bits per heavy atom. The van der Waals surface area contributed by atoms with E-state index in [1.54, 1.807) is 7.11 Å². The van der Waals surface area contributed by atoms with Crippen LogP contribution in [0.4, 0.5) is 5.95 Å². The van der Waals surface area contributed by atoms with Gasteiger partial charge in [-0.15, -0.1) is 0 Å². The summed E-state index contributed by atoms with van der Waals surface area (Å²) in [6, 6.07) is 15.3. The van der Waals surface area contributed by atoms with Crippen LogP contribution in [0.1, 0.15) is 5.56 Å². The quantitative estimate of drug-likeness (QED) is 0.795. The molecule has 0 fully saturated rings. The molecule has 0 aliphatic carbocycles. The molecular weight excluding hydrogens is 266 g/mol. The second-order valence-electron chi connectivity index (χ2n) is 4.59. The minimum atomic E-state index is 0.191. The number of benzene rings is 2. The summed E-state index contributed by atoms with van der Waals surface area (Å²) in [5.74, 6) is 1.33. The third kappa shape index (κ3) is 2.93. The molecule has 0 bridgehead atoms. The predicted octanol–water partition coefficient (Wildman–Crippen LogP) is 3.15. The minimum absolute atomic E-state index is 0.191. The highest BCUT2D eigenvalue weighted by atomic mass is 16.5. The molecule has 21 heavy (non-hydrogen) atoms. The Balaban J connectivity index is 1.99. The highest BCUT2D eigenvalue weighted by Gasteiger charge is 2.08. The topological polar surface area (TPSA) is 70.3 Å². The summed E-state index contributed by atoms with van der Waals surface area (Å²) < 4.78 is 11.0. The van der Waals surface area contributed by atoms with Crippen LogP contribution >= 0.6 is 0 Å². The van der Waals surface area contributed by atoms with Gasteiger partial charge < -0.3 is 15.2 Å². The Labute approximate surface area is 122 Å². The number of nitrogens with two attached hydrogens (primary N) is 1. The Bertz CT molecular complexity index is 774. The Kier molecular flexibility index (Phi) is 3.66. The van der Waals surface area contributed by atoms with E-state index in [0.717, 1.165) is 16.5 Å². The summed E-state index contributed by atoms with van der Waals surface area (Å²) in [6.45, 7) is 0.532. The molecule has 3 rings (SSSR count). The first kappa shape index (κ1) is 13.3. The van der Waals surface area contributed by atoms with Crippen LogP contribution in [0.15, 0.2) is 48.5 Å². The van der Waals surface area contributed by atoms with Gasteiger partial charge in [-0.05, 0) is 29.8 Å². The molecule has 3 aromatic rings. The first-order valence-corrected chi connectivity index (χ1v) is 6.54. The molecule has 0 atom stereocenters. The molecule has 5 heteroatoms. The average Bonchev–Trinajstić information content (AvgIpc) is 2.48. The summed E-state index contributed by atoms with van der Waals surface area (Å²) in [6.07, 6.45) is 0. The number of ether oxygens (including phenoxy) is 2. The lowest BCUT2D eigenvalue weighted by molar-refractivity contribution is 0.184. The van der Waals surface area contributed by atoms with Crippen molar-refractivity contribution in [3.8, 4) is 11.6 Å². The van der Waals surface area contributed by atoms with Crippen molar-refractivity contribution in [2.75, 3.05) is 12.8 Å². The number of fused-ring (bicyclic) bond motifs is 1. The summed E-state index contributed by atoms with van der Waals surface area (Å²) in [5.41, 5.74) is 7.52. The van der Waals surface area contributed by atoms with Crippen LogP contribution in [-0.4, -0.2) is 17.1 Å². The molecule has 0 amide bonds. The lowest BCUT2D eigenvalue weighted by Gasteiger charge is -2.09. The van der Waals surface area contributed by atoms with E-state index >= 15 is 0 Å². The van der Waals surface area contributed by atoms with Crippen molar-refractivity contribution in [2.45, 2.75) is 6.61 Å². The summed E-state index contributed by atoms with van der Waals surface area (Å²) in [4.78, 5) is 8.38. The van der Waals surface area contributed by atoms with E-state index < -0.39 is 0 Å². The molecule has 0 radical (unpaired) electrons. The maximum atomic E-state index is 5.87. The number of nitrogen functional groups attached to an aromatic ring is 1. The lowest BCUT2D eigenvalue weighted by atomic mass is 10.2. The fourth-order valence-corrected chi connectivity index (χ4v) is 2.12. The van der Waals surface area contributed by atoms with Gasteiger partial charge in [-0.1, -0.05) is 24.3 Å². The monoisotopic (exact) mass is 281 g/mol. The maximum absolute atomic E-state index is 5.87. The number of hydrogen-bond donors (Lipinski definition) is 1. The van der Waals surface area contributed by atoms with Gasteiger partial charge in [0.05, 0.1) is 17.5 Å². The van der Waals surface area contributed by atoms with Gasteiger partial charge in [0.2, 0.25) is 11.8 Å². The van der Waals surface area contributed by atoms with Gasteiger partial charge in [0, 0.05) is 7.11 Å². The zero-order valence-electron chi connectivity index (χ0n) is 11.6. The second kappa shape index (κ2) is 5.76. The maximum Gasteiger partial charge on any atom is 0.231 e. The van der Waals surface area contributed by atoms with Crippen LogP contribution in [0.2, 0.25) is 0 Å². The molecule has 0 aliphatic heterocycles. The SMILES string of the molecule is COCc1cccc(Oc2nc(N)nc3ccccc23)c1. The van der Waals surface area contributed by atoms with Crippen molar-refractivity contribution >= 4 is 16.9 Å². The largest absolute Gasteiger partial charge is 0.438 e. The number of anilines is 1. The Morgan fingerprint density at radius 3 is 2.76 bits per heavy atom. The zero-order chi connectivity index (χ0) is 14.7. The van der Waals surface area contributed by atoms with E-state index in [-0.39, 0.29) is 5.95 Å². The fraction of sp³-hybridized carbons (Fsp3) is 0.125. The molecule has 0 saturated heterocycles. The van der Waals surface area contributed by atoms with Gasteiger partial charge in [0.1, 0.15) is 5.75 Å². The van der Waals surface area contributed by atoms with Gasteiger partial charge in [-0.2, -0.15) is 4.98 Å². The van der Waals surface area contributed by atoms with Crippen LogP contribution < -0.4 is 10.5 Å². The zero-order valence-corrected chi connectivity index (χ0v) is 11.6. The van der Waals surface area contributed by atoms with Crippen LogP contribution in [0.3, 0.4) is 0 Å². The molecule has 106 valence electrons. The van der Waals surface area contributed by atoms with Gasteiger partial charge >= 0.3 is 0 Å². The number of methoxy groups -OCH3 is 1. The van der Waals surface area contributed by atoms with E-state index in [1.165, 1.54) is 0 Å². The molecule has 5 nitrogen and oxygen atoms in total. The van der Waals surface area contributed by atoms with Gasteiger partial charge in [0.15, 0.2) is 0 Å². The molecular formula is C16H15N3O2. The van der Waals surface area contributed by atoms with Crippen molar-refractivity contribution in [3.63, 3.8) is 0 Å². The molecule has 1 heterocycles. The number of hydrogen-bond acceptors (Lipinski definition) is 5. The lowest BCUT2D eigenvalue weighted by Crippen LogP contribution is -1.98. The van der Waals surface area contributed by atoms with Crippen LogP contribution in [0.5, 0.6) is 11.6 Å². The number of rotatable bonds is 4. The van der Waals surface area contributed by atoms with E-state index in [0.29, 0.717) is 18.2 Å². The molecule has 2 N–H and O–H groups in total. The third-order valence-electron chi connectivity index (χ3n) is 3.01. The van der Waals surface area contributed by atoms with Gasteiger partial charge in [-0.25, -0.2) is 4.98 Å². The molecule has 0 spiro atoms. The number of para-hydroxylation sites is 1. The van der Waals surface area contributed by atoms with Crippen LogP contribution in [0, 0.1) is 0 Å². The van der Waals surface area contributed by atoms with E-state index in [1.807, 2.05) is 48.5 Å². The predicted molar refractivity (Wildman–Crippen MR) is 81.2 cm³/mol. The van der Waals surface area contributed by atoms with Crippen molar-refractivity contribution in [3.05, 3.63) is 54.1 Å². The van der Waals surface area contributed by atoms with Gasteiger partial charge in [0.25, 0.3) is 0 Å². The Hall–Kier alpha value is -2.66. The molecule has 0 aliphatic rings. The van der Waals surface area contributed by atoms with Crippen LogP contribution in [-0.2, 0) is 11.3 Å². The van der Waals surface area contributed by atoms with E-state index in [4.69, 9.17) is 15.2 Å². The van der Waals surface area contributed by atoms with E-state index in [2.05, 4.69) is 9.97 Å². The highest BCUT2D eigenvalue weighted by molar-refractivity contribution is 5.84. The second-order valence-corrected chi connectivity index (χ2v) is 4.59. The number of nitrogens with zero attached hydrogens (tertiary/aromatic N) is 2. The molecule has 0 unspecified atom stereocenters. The summed E-state index contributed by atoms with van der Waals surface area (Å²) in [5, 5.41) is 0.823. The van der Waals surface area contributed by atoms with Crippen molar-refractivity contribution < 1.29 is 9.47 Å². The number of aromatic nitrogens is 2. The average molecular weight is 281 g/mol. The molecule has 2 aromatic carbocycles. The van der Waals surface area contributed by atoms with Gasteiger partial charge in [-0.3, -0.25) is 0 Å². The fourth-order valence-electron chi connectivity index (χ4n) is 2.12. The van der Waals surface area contributed by atoms with Crippen LogP contribution in [0.25, 0.3) is 10.9 Å². The smallest absolute Gasteiger partial charge is 0.231 e. The first-order valence-electron chi connectivity index (χ1n) is 6.54. The summed E-state index contributed by atoms with van der Waals surface area (Å²) in [7, 11) is 1.66. The van der Waals surface area contributed by atoms with Crippen molar-refractivity contribution in [2.24, 2.45) is 0 Å². The third-order valence-corrected chi connectivity index (χ3v) is 3.01. The Morgan fingerprint density at radius 2 is 1.90 bits per heavy atom. The highest BCUT2D eigenvalue weighted by Crippen LogP contribution is 2.28. The van der Waals surface area contributed by atoms with E-state index in [9.17, 15) is 0 Å². The first-order chi connectivity index (χ1) is 10.3. The summed E-state index contributed by atoms with van der Waals surface area (Å²) >= 11 is 0. The minimum Gasteiger partial charge on any atom is -0.438 e. The molecule has 1 aromatic heterocycles. The van der Waals surface area contributed by atoms with Crippen molar-refractivity contribution in [1.29, 1.82) is 0 Å². The van der Waals surface area contributed by atoms with Crippen molar-refractivity contribution in [1.82, 2.24) is 9.97 Å². The standard InChI is InChI=1S/C16H15N3O2/c1-20-10-11-5-4-6-12(9-11)21-15-13-7-2-3-8-14(13)18-16(17)19-15/h2-9H,10H2,1H3,(H2,17,18,19). The molecule has 0 saturated carbocycles. The normalized spacial score (nSPS) is 10.7.